The van der Waals surface area contributed by atoms with Gasteiger partial charge >= 0.3 is 0 Å². The van der Waals surface area contributed by atoms with Crippen LogP contribution in [0.2, 0.25) is 0 Å². The second-order valence-corrected chi connectivity index (χ2v) is 7.56. The minimum Gasteiger partial charge on any atom is -0.396 e. The Morgan fingerprint density at radius 2 is 1.68 bits per heavy atom. The number of aromatic amines is 1. The molecule has 4 rings (SSSR count). The molecular weight excluding hydrogens is 354 g/mol. The Kier molecular flexibility index (Phi) is 4.96. The number of rotatable bonds is 4. The number of aliphatic hydroxyl groups excluding tert-OH is 1. The summed E-state index contributed by atoms with van der Waals surface area (Å²) in [5, 5.41) is 17.6. The Balaban J connectivity index is 1.53. The molecule has 0 radical (unpaired) electrons. The van der Waals surface area contributed by atoms with Crippen molar-refractivity contribution < 1.29 is 9.90 Å². The Hall–Kier alpha value is -2.99. The number of amides is 1. The fraction of sp³-hybridized carbons (Fsp3) is 0.318. The van der Waals surface area contributed by atoms with Crippen molar-refractivity contribution in [3.8, 4) is 0 Å². The van der Waals surface area contributed by atoms with Crippen LogP contribution in [0.15, 0.2) is 59.4 Å². The molecule has 144 valence electrons. The summed E-state index contributed by atoms with van der Waals surface area (Å²) in [6, 6.07) is 17.2. The fourth-order valence-corrected chi connectivity index (χ4v) is 4.03. The highest BCUT2D eigenvalue weighted by Crippen LogP contribution is 2.35. The SMILES string of the molecule is O=C(c1n[nH]c(=O)c2ccccc12)N1CCC(CO)(Cc2ccccc2)CC1. The lowest BCUT2D eigenvalue weighted by Gasteiger charge is -2.41. The molecule has 0 spiro atoms. The van der Waals surface area contributed by atoms with Crippen LogP contribution in [0.25, 0.3) is 10.8 Å². The molecule has 2 N–H and O–H groups in total. The monoisotopic (exact) mass is 377 g/mol. The van der Waals surface area contributed by atoms with Gasteiger partial charge in [-0.05, 0) is 30.9 Å². The standard InChI is InChI=1S/C22H23N3O3/c26-15-22(14-16-6-2-1-3-7-16)10-12-25(13-11-22)21(28)19-17-8-4-5-9-18(17)20(27)24-23-19/h1-9,26H,10-15H2,(H,24,27). The first-order valence-corrected chi connectivity index (χ1v) is 9.53. The Labute approximate surface area is 162 Å². The van der Waals surface area contributed by atoms with Crippen LogP contribution in [0.5, 0.6) is 0 Å². The van der Waals surface area contributed by atoms with Gasteiger partial charge in [0.2, 0.25) is 0 Å². The number of piperidine rings is 1. The molecule has 6 nitrogen and oxygen atoms in total. The zero-order valence-electron chi connectivity index (χ0n) is 15.6. The number of carbonyl (C=O) groups is 1. The van der Waals surface area contributed by atoms with Crippen LogP contribution >= 0.6 is 0 Å². The summed E-state index contributed by atoms with van der Waals surface area (Å²) in [6.07, 6.45) is 2.25. The van der Waals surface area contributed by atoms with Crippen molar-refractivity contribution in [3.05, 3.63) is 76.2 Å². The topological polar surface area (TPSA) is 86.3 Å². The number of carbonyl (C=O) groups excluding carboxylic acids is 1. The molecule has 6 heteroatoms. The number of aromatic nitrogens is 2. The second kappa shape index (κ2) is 7.56. The van der Waals surface area contributed by atoms with Gasteiger partial charge in [-0.2, -0.15) is 5.10 Å². The Bertz CT molecular complexity index is 1040. The van der Waals surface area contributed by atoms with Crippen LogP contribution in [0.3, 0.4) is 0 Å². The quantitative estimate of drug-likeness (QED) is 0.731. The number of H-pyrrole nitrogens is 1. The number of hydrogen-bond donors (Lipinski definition) is 2. The summed E-state index contributed by atoms with van der Waals surface area (Å²) in [5.41, 5.74) is 0.964. The molecule has 0 saturated carbocycles. The highest BCUT2D eigenvalue weighted by atomic mass is 16.3. The van der Waals surface area contributed by atoms with Crippen LogP contribution in [0, 0.1) is 5.41 Å². The molecular formula is C22H23N3O3. The van der Waals surface area contributed by atoms with Crippen molar-refractivity contribution in [3.63, 3.8) is 0 Å². The summed E-state index contributed by atoms with van der Waals surface area (Å²) in [4.78, 5) is 26.8. The molecule has 2 aromatic carbocycles. The maximum atomic E-state index is 13.1. The lowest BCUT2D eigenvalue weighted by Crippen LogP contribution is -2.46. The molecule has 0 aliphatic carbocycles. The average molecular weight is 377 g/mol. The summed E-state index contributed by atoms with van der Waals surface area (Å²) in [5.74, 6) is -0.182. The van der Waals surface area contributed by atoms with Crippen molar-refractivity contribution >= 4 is 16.7 Å². The summed E-state index contributed by atoms with van der Waals surface area (Å²) >= 11 is 0. The van der Waals surface area contributed by atoms with Gasteiger partial charge in [0.15, 0.2) is 5.69 Å². The van der Waals surface area contributed by atoms with Gasteiger partial charge in [0.25, 0.3) is 11.5 Å². The molecule has 1 fully saturated rings. The summed E-state index contributed by atoms with van der Waals surface area (Å²) < 4.78 is 0. The third-order valence-electron chi connectivity index (χ3n) is 5.77. The van der Waals surface area contributed by atoms with Gasteiger partial charge in [0.1, 0.15) is 0 Å². The maximum Gasteiger partial charge on any atom is 0.274 e. The number of fused-ring (bicyclic) bond motifs is 1. The first-order chi connectivity index (χ1) is 13.6. The van der Waals surface area contributed by atoms with Gasteiger partial charge in [0.05, 0.1) is 5.39 Å². The lowest BCUT2D eigenvalue weighted by atomic mass is 9.74. The predicted molar refractivity (Wildman–Crippen MR) is 107 cm³/mol. The van der Waals surface area contributed by atoms with Crippen LogP contribution in [-0.2, 0) is 6.42 Å². The van der Waals surface area contributed by atoms with Gasteiger partial charge in [0, 0.05) is 30.5 Å². The van der Waals surface area contributed by atoms with Crippen molar-refractivity contribution in [1.82, 2.24) is 15.1 Å². The van der Waals surface area contributed by atoms with Crippen LogP contribution in [0.4, 0.5) is 0 Å². The Morgan fingerprint density at radius 1 is 1.04 bits per heavy atom. The van der Waals surface area contributed by atoms with Crippen molar-refractivity contribution in [2.45, 2.75) is 19.3 Å². The molecule has 1 aromatic heterocycles. The van der Waals surface area contributed by atoms with Gasteiger partial charge in [-0.1, -0.05) is 48.5 Å². The van der Waals surface area contributed by atoms with Crippen molar-refractivity contribution in [2.24, 2.45) is 5.41 Å². The number of nitrogens with one attached hydrogen (secondary N) is 1. The van der Waals surface area contributed by atoms with Crippen LogP contribution in [0.1, 0.15) is 28.9 Å². The molecule has 28 heavy (non-hydrogen) atoms. The third-order valence-corrected chi connectivity index (χ3v) is 5.77. The van der Waals surface area contributed by atoms with Crippen LogP contribution in [-0.4, -0.2) is 45.8 Å². The molecule has 1 aliphatic heterocycles. The first-order valence-electron chi connectivity index (χ1n) is 9.53. The lowest BCUT2D eigenvalue weighted by molar-refractivity contribution is 0.0355. The van der Waals surface area contributed by atoms with Crippen molar-refractivity contribution in [1.29, 1.82) is 0 Å². The minimum atomic E-state index is -0.298. The van der Waals surface area contributed by atoms with Gasteiger partial charge in [-0.3, -0.25) is 9.59 Å². The highest BCUT2D eigenvalue weighted by Gasteiger charge is 2.36. The number of benzene rings is 2. The van der Waals surface area contributed by atoms with Gasteiger partial charge in [-0.15, -0.1) is 0 Å². The smallest absolute Gasteiger partial charge is 0.274 e. The van der Waals surface area contributed by atoms with Crippen LogP contribution < -0.4 is 5.56 Å². The normalized spacial score (nSPS) is 16.2. The molecule has 1 aliphatic rings. The number of nitrogens with zero attached hydrogens (tertiary/aromatic N) is 2. The zero-order valence-corrected chi connectivity index (χ0v) is 15.6. The third kappa shape index (κ3) is 3.43. The summed E-state index contributed by atoms with van der Waals surface area (Å²) in [7, 11) is 0. The average Bonchev–Trinajstić information content (AvgIpc) is 2.75. The van der Waals surface area contributed by atoms with E-state index in [9.17, 15) is 14.7 Å². The molecule has 1 saturated heterocycles. The number of likely N-dealkylation sites (tertiary alicyclic amines) is 1. The molecule has 0 unspecified atom stereocenters. The van der Waals surface area contributed by atoms with E-state index in [1.165, 1.54) is 5.56 Å². The van der Waals surface area contributed by atoms with E-state index in [1.54, 1.807) is 29.2 Å². The molecule has 3 aromatic rings. The van der Waals surface area contributed by atoms with Gasteiger partial charge < -0.3 is 10.0 Å². The van der Waals surface area contributed by atoms with E-state index >= 15 is 0 Å². The van der Waals surface area contributed by atoms with E-state index in [4.69, 9.17) is 0 Å². The second-order valence-electron chi connectivity index (χ2n) is 7.56. The van der Waals surface area contributed by atoms with Gasteiger partial charge in [-0.25, -0.2) is 5.10 Å². The molecule has 2 heterocycles. The number of aliphatic hydroxyl groups is 1. The minimum absolute atomic E-state index is 0.101. The summed E-state index contributed by atoms with van der Waals surface area (Å²) in [6.45, 7) is 1.21. The predicted octanol–water partition coefficient (Wildman–Crippen LogP) is 2.38. The van der Waals surface area contributed by atoms with E-state index in [0.717, 1.165) is 19.3 Å². The van der Waals surface area contributed by atoms with E-state index in [-0.39, 0.29) is 29.2 Å². The Morgan fingerprint density at radius 3 is 2.36 bits per heavy atom. The number of hydrogen-bond acceptors (Lipinski definition) is 4. The largest absolute Gasteiger partial charge is 0.396 e. The van der Waals surface area contributed by atoms with E-state index < -0.39 is 0 Å². The fourth-order valence-electron chi connectivity index (χ4n) is 4.03. The van der Waals surface area contributed by atoms with Crippen molar-refractivity contribution in [2.75, 3.05) is 19.7 Å². The zero-order chi connectivity index (χ0) is 19.6. The first kappa shape index (κ1) is 18.4. The van der Waals surface area contributed by atoms with E-state index in [1.807, 2.05) is 18.2 Å². The molecule has 1 amide bonds. The highest BCUT2D eigenvalue weighted by molar-refractivity contribution is 6.04. The maximum absolute atomic E-state index is 13.1. The van der Waals surface area contributed by atoms with E-state index in [2.05, 4.69) is 22.3 Å². The molecule has 0 bridgehead atoms. The molecule has 0 atom stereocenters. The van der Waals surface area contributed by atoms with E-state index in [0.29, 0.717) is 23.9 Å².